The third kappa shape index (κ3) is 3.97. The van der Waals surface area contributed by atoms with E-state index < -0.39 is 0 Å². The van der Waals surface area contributed by atoms with Gasteiger partial charge in [-0.25, -0.2) is 4.68 Å². The van der Waals surface area contributed by atoms with Crippen molar-refractivity contribution in [3.05, 3.63) is 76.6 Å². The highest BCUT2D eigenvalue weighted by Crippen LogP contribution is 2.19. The topological polar surface area (TPSA) is 73.2 Å². The zero-order chi connectivity index (χ0) is 18.5. The molecular formula is C20H19N3O3. The van der Waals surface area contributed by atoms with Crippen LogP contribution >= 0.6 is 0 Å². The monoisotopic (exact) mass is 349 g/mol. The third-order valence-corrected chi connectivity index (χ3v) is 3.95. The van der Waals surface area contributed by atoms with Crippen molar-refractivity contribution in [2.75, 3.05) is 12.4 Å². The second-order valence-corrected chi connectivity index (χ2v) is 5.81. The fourth-order valence-electron chi connectivity index (χ4n) is 2.58. The summed E-state index contributed by atoms with van der Waals surface area (Å²) in [5, 5.41) is 7.08. The van der Waals surface area contributed by atoms with Crippen LogP contribution in [-0.4, -0.2) is 22.8 Å². The molecule has 1 heterocycles. The Kier molecular flexibility index (Phi) is 5.12. The standard InChI is InChI=1S/C20H19N3O3/c1-14-5-3-4-6-17(14)18-11-12-20(25)23(22-18)13-19(24)21-15-7-9-16(26-2)10-8-15/h3-12H,13H2,1-2H3,(H,21,24). The Labute approximate surface area is 151 Å². The number of aromatic nitrogens is 2. The van der Waals surface area contributed by atoms with Crippen molar-refractivity contribution in [3.8, 4) is 17.0 Å². The van der Waals surface area contributed by atoms with Gasteiger partial charge in [0.05, 0.1) is 12.8 Å². The molecule has 0 radical (unpaired) electrons. The zero-order valence-electron chi connectivity index (χ0n) is 14.6. The highest BCUT2D eigenvalue weighted by atomic mass is 16.5. The molecule has 3 aromatic rings. The molecule has 0 unspecified atom stereocenters. The van der Waals surface area contributed by atoms with Gasteiger partial charge in [0, 0.05) is 17.3 Å². The van der Waals surface area contributed by atoms with E-state index in [1.165, 1.54) is 10.7 Å². The second-order valence-electron chi connectivity index (χ2n) is 5.81. The van der Waals surface area contributed by atoms with Crippen LogP contribution in [0.3, 0.4) is 0 Å². The predicted octanol–water partition coefficient (Wildman–Crippen LogP) is 2.87. The molecule has 0 saturated carbocycles. The van der Waals surface area contributed by atoms with Crippen molar-refractivity contribution in [1.29, 1.82) is 0 Å². The molecule has 0 bridgehead atoms. The number of carbonyl (C=O) groups excluding carboxylic acids is 1. The minimum atomic E-state index is -0.327. The summed E-state index contributed by atoms with van der Waals surface area (Å²) in [6.45, 7) is 1.81. The lowest BCUT2D eigenvalue weighted by Crippen LogP contribution is -2.29. The van der Waals surface area contributed by atoms with Crippen LogP contribution in [0.2, 0.25) is 0 Å². The number of methoxy groups -OCH3 is 1. The summed E-state index contributed by atoms with van der Waals surface area (Å²) in [5.41, 5.74) is 2.93. The van der Waals surface area contributed by atoms with Gasteiger partial charge in [-0.1, -0.05) is 24.3 Å². The number of rotatable bonds is 5. The third-order valence-electron chi connectivity index (χ3n) is 3.95. The smallest absolute Gasteiger partial charge is 0.267 e. The maximum atomic E-state index is 12.3. The van der Waals surface area contributed by atoms with Gasteiger partial charge in [-0.3, -0.25) is 9.59 Å². The maximum Gasteiger partial charge on any atom is 0.267 e. The molecule has 1 amide bonds. The molecule has 6 heteroatoms. The maximum absolute atomic E-state index is 12.3. The minimum Gasteiger partial charge on any atom is -0.497 e. The van der Waals surface area contributed by atoms with Crippen LogP contribution in [0.25, 0.3) is 11.3 Å². The zero-order valence-corrected chi connectivity index (χ0v) is 14.6. The number of aryl methyl sites for hydroxylation is 1. The Morgan fingerprint density at radius 1 is 1.08 bits per heavy atom. The van der Waals surface area contributed by atoms with Gasteiger partial charge in [-0.05, 0) is 42.8 Å². The molecule has 2 aromatic carbocycles. The summed E-state index contributed by atoms with van der Waals surface area (Å²) in [6, 6.07) is 17.8. The van der Waals surface area contributed by atoms with Crippen molar-refractivity contribution in [1.82, 2.24) is 9.78 Å². The Morgan fingerprint density at radius 3 is 2.50 bits per heavy atom. The van der Waals surface area contributed by atoms with Crippen LogP contribution in [0, 0.1) is 6.92 Å². The summed E-state index contributed by atoms with van der Waals surface area (Å²) in [4.78, 5) is 24.3. The van der Waals surface area contributed by atoms with E-state index in [-0.39, 0.29) is 18.0 Å². The first-order chi connectivity index (χ1) is 12.6. The minimum absolute atomic E-state index is 0.162. The predicted molar refractivity (Wildman–Crippen MR) is 100 cm³/mol. The Balaban J connectivity index is 1.78. The van der Waals surface area contributed by atoms with Gasteiger partial charge < -0.3 is 10.1 Å². The molecule has 26 heavy (non-hydrogen) atoms. The first-order valence-corrected chi connectivity index (χ1v) is 8.15. The first kappa shape index (κ1) is 17.4. The number of benzene rings is 2. The summed E-state index contributed by atoms with van der Waals surface area (Å²) in [6.07, 6.45) is 0. The van der Waals surface area contributed by atoms with Gasteiger partial charge in [0.1, 0.15) is 12.3 Å². The molecule has 0 atom stereocenters. The fourth-order valence-corrected chi connectivity index (χ4v) is 2.58. The molecule has 1 aromatic heterocycles. The van der Waals surface area contributed by atoms with E-state index in [4.69, 9.17) is 4.74 Å². The van der Waals surface area contributed by atoms with Crippen LogP contribution in [0.1, 0.15) is 5.56 Å². The Morgan fingerprint density at radius 2 is 1.81 bits per heavy atom. The number of nitrogens with zero attached hydrogens (tertiary/aromatic N) is 2. The van der Waals surface area contributed by atoms with Crippen molar-refractivity contribution >= 4 is 11.6 Å². The van der Waals surface area contributed by atoms with Crippen molar-refractivity contribution in [2.45, 2.75) is 13.5 Å². The molecule has 132 valence electrons. The van der Waals surface area contributed by atoms with Crippen LogP contribution < -0.4 is 15.6 Å². The number of hydrogen-bond donors (Lipinski definition) is 1. The molecule has 0 spiro atoms. The van der Waals surface area contributed by atoms with Gasteiger partial charge >= 0.3 is 0 Å². The van der Waals surface area contributed by atoms with Gasteiger partial charge in [-0.15, -0.1) is 0 Å². The largest absolute Gasteiger partial charge is 0.497 e. The van der Waals surface area contributed by atoms with Crippen LogP contribution in [0.4, 0.5) is 5.69 Å². The molecule has 0 aliphatic heterocycles. The van der Waals surface area contributed by atoms with E-state index in [1.54, 1.807) is 37.4 Å². The Bertz CT molecular complexity index is 978. The lowest BCUT2D eigenvalue weighted by molar-refractivity contribution is -0.117. The van der Waals surface area contributed by atoms with Gasteiger partial charge in [0.2, 0.25) is 5.91 Å². The lowest BCUT2D eigenvalue weighted by atomic mass is 10.1. The molecule has 1 N–H and O–H groups in total. The molecule has 3 rings (SSSR count). The number of carbonyl (C=O) groups is 1. The van der Waals surface area contributed by atoms with E-state index in [9.17, 15) is 9.59 Å². The lowest BCUT2D eigenvalue weighted by Gasteiger charge is -2.10. The van der Waals surface area contributed by atoms with E-state index >= 15 is 0 Å². The fraction of sp³-hybridized carbons (Fsp3) is 0.150. The SMILES string of the molecule is COc1ccc(NC(=O)Cn2nc(-c3ccccc3C)ccc2=O)cc1. The van der Waals surface area contributed by atoms with Gasteiger partial charge in [0.15, 0.2) is 0 Å². The molecule has 6 nitrogen and oxygen atoms in total. The first-order valence-electron chi connectivity index (χ1n) is 8.15. The van der Waals surface area contributed by atoms with E-state index in [1.807, 2.05) is 31.2 Å². The molecular weight excluding hydrogens is 330 g/mol. The summed E-state index contributed by atoms with van der Waals surface area (Å²) < 4.78 is 6.25. The number of nitrogens with one attached hydrogen (secondary N) is 1. The summed E-state index contributed by atoms with van der Waals surface area (Å²) in [7, 11) is 1.58. The quantitative estimate of drug-likeness (QED) is 0.769. The summed E-state index contributed by atoms with van der Waals surface area (Å²) in [5.74, 6) is 0.374. The molecule has 0 aliphatic rings. The second kappa shape index (κ2) is 7.65. The average Bonchev–Trinajstić information content (AvgIpc) is 2.65. The van der Waals surface area contributed by atoms with Gasteiger partial charge in [-0.2, -0.15) is 5.10 Å². The van der Waals surface area contributed by atoms with Crippen LogP contribution in [-0.2, 0) is 11.3 Å². The Hall–Kier alpha value is -3.41. The van der Waals surface area contributed by atoms with Crippen molar-refractivity contribution in [2.24, 2.45) is 0 Å². The van der Waals surface area contributed by atoms with Crippen molar-refractivity contribution < 1.29 is 9.53 Å². The highest BCUT2D eigenvalue weighted by molar-refractivity contribution is 5.90. The summed E-state index contributed by atoms with van der Waals surface area (Å²) >= 11 is 0. The van der Waals surface area contributed by atoms with E-state index in [0.29, 0.717) is 17.1 Å². The molecule has 0 fully saturated rings. The number of amides is 1. The normalized spacial score (nSPS) is 10.4. The van der Waals surface area contributed by atoms with Crippen LogP contribution in [0.15, 0.2) is 65.5 Å². The highest BCUT2D eigenvalue weighted by Gasteiger charge is 2.09. The van der Waals surface area contributed by atoms with Crippen LogP contribution in [0.5, 0.6) is 5.75 Å². The number of ether oxygens (including phenoxy) is 1. The number of hydrogen-bond acceptors (Lipinski definition) is 4. The molecule has 0 saturated heterocycles. The van der Waals surface area contributed by atoms with Gasteiger partial charge in [0.25, 0.3) is 5.56 Å². The van der Waals surface area contributed by atoms with E-state index in [0.717, 1.165) is 11.1 Å². The average molecular weight is 349 g/mol. The number of anilines is 1. The molecule has 0 aliphatic carbocycles. The van der Waals surface area contributed by atoms with Crippen molar-refractivity contribution in [3.63, 3.8) is 0 Å². The van der Waals surface area contributed by atoms with E-state index in [2.05, 4.69) is 10.4 Å².